The molecule has 1 aliphatic rings. The number of aromatic nitrogens is 1. The number of rotatable bonds is 1. The molecule has 16 heavy (non-hydrogen) atoms. The molecule has 0 amide bonds. The molecule has 2 aromatic rings. The minimum atomic E-state index is -0.163. The van der Waals surface area contributed by atoms with Crippen molar-refractivity contribution < 1.29 is 4.39 Å². The molecule has 1 aromatic carbocycles. The number of aryl methyl sites for hydroxylation is 1. The van der Waals surface area contributed by atoms with Gasteiger partial charge in [-0.2, -0.15) is 0 Å². The molecule has 84 valence electrons. The zero-order valence-electron chi connectivity index (χ0n) is 9.09. The summed E-state index contributed by atoms with van der Waals surface area (Å²) >= 11 is 0. The maximum Gasteiger partial charge on any atom is 0.123 e. The molecule has 2 nitrogen and oxygen atoms in total. The number of nitrogens with one attached hydrogen (secondary N) is 1. The number of fused-ring (bicyclic) bond motifs is 3. The Morgan fingerprint density at radius 1 is 1.44 bits per heavy atom. The Kier molecular flexibility index (Phi) is 2.21. The highest BCUT2D eigenvalue weighted by Gasteiger charge is 2.21. The molecule has 0 spiro atoms. The van der Waals surface area contributed by atoms with E-state index >= 15 is 0 Å². The van der Waals surface area contributed by atoms with Crippen molar-refractivity contribution in [3.8, 4) is 0 Å². The first-order valence-corrected chi connectivity index (χ1v) is 5.77. The first-order valence-electron chi connectivity index (χ1n) is 5.77. The van der Waals surface area contributed by atoms with Crippen LogP contribution in [0.3, 0.4) is 0 Å². The fourth-order valence-electron chi connectivity index (χ4n) is 2.66. The maximum absolute atomic E-state index is 13.2. The molecule has 0 saturated heterocycles. The van der Waals surface area contributed by atoms with Gasteiger partial charge in [0, 0.05) is 16.6 Å². The Balaban J connectivity index is 2.15. The summed E-state index contributed by atoms with van der Waals surface area (Å²) in [6.45, 7) is 0.724. The smallest absolute Gasteiger partial charge is 0.123 e. The molecule has 0 fully saturated rings. The van der Waals surface area contributed by atoms with E-state index in [-0.39, 0.29) is 5.82 Å². The number of aromatic amines is 1. The molecule has 1 aromatic heterocycles. The van der Waals surface area contributed by atoms with Gasteiger partial charge < -0.3 is 10.7 Å². The quantitative estimate of drug-likeness (QED) is 0.758. The Morgan fingerprint density at radius 2 is 2.31 bits per heavy atom. The van der Waals surface area contributed by atoms with Gasteiger partial charge in [-0.3, -0.25) is 0 Å². The third-order valence-corrected chi connectivity index (χ3v) is 3.59. The number of nitrogens with two attached hydrogens (primary N) is 1. The van der Waals surface area contributed by atoms with Crippen molar-refractivity contribution in [2.45, 2.75) is 19.3 Å². The summed E-state index contributed by atoms with van der Waals surface area (Å²) < 4.78 is 13.2. The number of hydrogen-bond acceptors (Lipinski definition) is 1. The lowest BCUT2D eigenvalue weighted by atomic mass is 9.86. The molecule has 1 aliphatic carbocycles. The van der Waals surface area contributed by atoms with Gasteiger partial charge >= 0.3 is 0 Å². The van der Waals surface area contributed by atoms with E-state index in [0.717, 1.165) is 36.7 Å². The average molecular weight is 218 g/mol. The van der Waals surface area contributed by atoms with Crippen molar-refractivity contribution >= 4 is 10.9 Å². The van der Waals surface area contributed by atoms with Crippen LogP contribution in [0.2, 0.25) is 0 Å². The highest BCUT2D eigenvalue weighted by Crippen LogP contribution is 2.31. The van der Waals surface area contributed by atoms with Crippen molar-refractivity contribution in [3.63, 3.8) is 0 Å². The third kappa shape index (κ3) is 1.43. The van der Waals surface area contributed by atoms with E-state index in [4.69, 9.17) is 5.73 Å². The van der Waals surface area contributed by atoms with Crippen LogP contribution in [0.25, 0.3) is 10.9 Å². The molecule has 1 atom stereocenters. The van der Waals surface area contributed by atoms with E-state index in [1.165, 1.54) is 17.3 Å². The molecule has 0 saturated carbocycles. The van der Waals surface area contributed by atoms with Crippen LogP contribution >= 0.6 is 0 Å². The predicted molar refractivity (Wildman–Crippen MR) is 62.8 cm³/mol. The molecule has 3 rings (SSSR count). The van der Waals surface area contributed by atoms with E-state index in [1.807, 2.05) is 6.07 Å². The summed E-state index contributed by atoms with van der Waals surface area (Å²) in [5, 5.41) is 1.04. The van der Waals surface area contributed by atoms with Gasteiger partial charge in [0.25, 0.3) is 0 Å². The first kappa shape index (κ1) is 9.85. The van der Waals surface area contributed by atoms with Crippen LogP contribution in [0.4, 0.5) is 4.39 Å². The number of halogens is 1. The zero-order valence-corrected chi connectivity index (χ0v) is 9.09. The lowest BCUT2D eigenvalue weighted by Gasteiger charge is -2.20. The lowest BCUT2D eigenvalue weighted by molar-refractivity contribution is 0.468. The summed E-state index contributed by atoms with van der Waals surface area (Å²) in [7, 11) is 0. The van der Waals surface area contributed by atoms with Gasteiger partial charge in [0.05, 0.1) is 0 Å². The van der Waals surface area contributed by atoms with E-state index in [0.29, 0.717) is 5.92 Å². The minimum absolute atomic E-state index is 0.163. The number of hydrogen-bond donors (Lipinski definition) is 2. The van der Waals surface area contributed by atoms with Crippen molar-refractivity contribution in [1.29, 1.82) is 0 Å². The Labute approximate surface area is 93.6 Å². The molecule has 0 radical (unpaired) electrons. The maximum atomic E-state index is 13.2. The second-order valence-corrected chi connectivity index (χ2v) is 4.62. The highest BCUT2D eigenvalue weighted by molar-refractivity contribution is 5.85. The van der Waals surface area contributed by atoms with Gasteiger partial charge in [-0.1, -0.05) is 0 Å². The number of benzene rings is 1. The molecule has 1 heterocycles. The van der Waals surface area contributed by atoms with Crippen molar-refractivity contribution in [1.82, 2.24) is 4.98 Å². The Morgan fingerprint density at radius 3 is 3.12 bits per heavy atom. The van der Waals surface area contributed by atoms with Crippen LogP contribution in [-0.4, -0.2) is 11.5 Å². The average Bonchev–Trinajstić information content (AvgIpc) is 2.66. The van der Waals surface area contributed by atoms with Crippen LogP contribution < -0.4 is 5.73 Å². The normalized spacial score (nSPS) is 20.0. The second-order valence-electron chi connectivity index (χ2n) is 4.62. The fourth-order valence-corrected chi connectivity index (χ4v) is 2.66. The lowest BCUT2D eigenvalue weighted by Crippen LogP contribution is -2.21. The van der Waals surface area contributed by atoms with Gasteiger partial charge in [0.15, 0.2) is 0 Å². The van der Waals surface area contributed by atoms with Crippen LogP contribution in [0, 0.1) is 11.7 Å². The summed E-state index contributed by atoms with van der Waals surface area (Å²) in [5.74, 6) is 0.388. The third-order valence-electron chi connectivity index (χ3n) is 3.59. The largest absolute Gasteiger partial charge is 0.358 e. The van der Waals surface area contributed by atoms with Gasteiger partial charge in [0.1, 0.15) is 5.82 Å². The topological polar surface area (TPSA) is 41.8 Å². The fraction of sp³-hybridized carbons (Fsp3) is 0.385. The van der Waals surface area contributed by atoms with Crippen LogP contribution in [0.5, 0.6) is 0 Å². The summed E-state index contributed by atoms with van der Waals surface area (Å²) in [4.78, 5) is 3.38. The van der Waals surface area contributed by atoms with Crippen LogP contribution in [-0.2, 0) is 12.8 Å². The van der Waals surface area contributed by atoms with Crippen LogP contribution in [0.15, 0.2) is 18.2 Å². The summed E-state index contributed by atoms with van der Waals surface area (Å²) in [5.41, 5.74) is 9.31. The molecule has 3 N–H and O–H groups in total. The molecule has 0 unspecified atom stereocenters. The molecule has 3 heteroatoms. The predicted octanol–water partition coefficient (Wildman–Crippen LogP) is 2.37. The standard InChI is InChI=1S/C13H15FN2/c14-9-2-4-13-11(6-9)10-5-8(7-15)1-3-12(10)16-13/h2,4,6,8,16H,1,3,5,7,15H2/t8-/m1/s1. The van der Waals surface area contributed by atoms with Crippen molar-refractivity contribution in [3.05, 3.63) is 35.3 Å². The summed E-state index contributed by atoms with van der Waals surface area (Å²) in [6.07, 6.45) is 3.15. The first-order chi connectivity index (χ1) is 7.78. The van der Waals surface area contributed by atoms with E-state index in [9.17, 15) is 4.39 Å². The second kappa shape index (κ2) is 3.59. The molecular formula is C13H15FN2. The van der Waals surface area contributed by atoms with Gasteiger partial charge in [-0.15, -0.1) is 0 Å². The molecule has 0 bridgehead atoms. The zero-order chi connectivity index (χ0) is 11.1. The van der Waals surface area contributed by atoms with E-state index < -0.39 is 0 Å². The monoisotopic (exact) mass is 218 g/mol. The van der Waals surface area contributed by atoms with Crippen LogP contribution in [0.1, 0.15) is 17.7 Å². The van der Waals surface area contributed by atoms with Gasteiger partial charge in [-0.05, 0) is 55.5 Å². The highest BCUT2D eigenvalue weighted by atomic mass is 19.1. The molecular weight excluding hydrogens is 203 g/mol. The summed E-state index contributed by atoms with van der Waals surface area (Å²) in [6, 6.07) is 4.95. The van der Waals surface area contributed by atoms with E-state index in [1.54, 1.807) is 6.07 Å². The Hall–Kier alpha value is -1.35. The number of H-pyrrole nitrogens is 1. The SMILES string of the molecule is NC[C@@H]1CCc2[nH]c3ccc(F)cc3c2C1. The molecule has 0 aliphatic heterocycles. The van der Waals surface area contributed by atoms with Gasteiger partial charge in [-0.25, -0.2) is 4.39 Å². The Bertz CT molecular complexity index is 530. The van der Waals surface area contributed by atoms with E-state index in [2.05, 4.69) is 4.98 Å². The minimum Gasteiger partial charge on any atom is -0.358 e. The van der Waals surface area contributed by atoms with Gasteiger partial charge in [0.2, 0.25) is 0 Å². The van der Waals surface area contributed by atoms with Crippen molar-refractivity contribution in [2.24, 2.45) is 11.7 Å². The van der Waals surface area contributed by atoms with Crippen molar-refractivity contribution in [2.75, 3.05) is 6.54 Å².